The number of nitrogens with two attached hydrogens (primary N) is 1. The highest BCUT2D eigenvalue weighted by Crippen LogP contribution is 2.27. The van der Waals surface area contributed by atoms with E-state index >= 15 is 0 Å². The Morgan fingerprint density at radius 2 is 2.07 bits per heavy atom. The maximum absolute atomic E-state index is 13.0. The molecule has 1 aliphatic rings. The third-order valence-electron chi connectivity index (χ3n) is 4.46. The van der Waals surface area contributed by atoms with Crippen LogP contribution in [0.1, 0.15) is 23.2 Å². The van der Waals surface area contributed by atoms with Crippen molar-refractivity contribution in [3.05, 3.63) is 48.3 Å². The predicted molar refractivity (Wildman–Crippen MR) is 101 cm³/mol. The number of hydrogen-bond donors (Lipinski definition) is 1. The molecule has 1 fully saturated rings. The van der Waals surface area contributed by atoms with E-state index in [1.54, 1.807) is 37.7 Å². The van der Waals surface area contributed by atoms with Crippen molar-refractivity contribution in [2.24, 2.45) is 5.73 Å². The van der Waals surface area contributed by atoms with Gasteiger partial charge in [0, 0.05) is 44.7 Å². The molecule has 1 amide bonds. The van der Waals surface area contributed by atoms with Crippen LogP contribution in [0.15, 0.2) is 42.7 Å². The average molecular weight is 371 g/mol. The minimum atomic E-state index is -0.0514. The van der Waals surface area contributed by atoms with Crippen molar-refractivity contribution >= 4 is 5.91 Å². The number of aromatic nitrogens is 1. The maximum atomic E-state index is 13.0. The summed E-state index contributed by atoms with van der Waals surface area (Å²) in [5, 5.41) is 0. The first kappa shape index (κ1) is 19.0. The van der Waals surface area contributed by atoms with Crippen LogP contribution in [0.25, 0.3) is 0 Å². The van der Waals surface area contributed by atoms with Crippen molar-refractivity contribution in [2.45, 2.75) is 18.9 Å². The number of pyridine rings is 1. The third-order valence-corrected chi connectivity index (χ3v) is 4.46. The van der Waals surface area contributed by atoms with Crippen LogP contribution in [0, 0.1) is 0 Å². The van der Waals surface area contributed by atoms with E-state index in [1.165, 1.54) is 0 Å². The average Bonchev–Trinajstić information content (AvgIpc) is 2.73. The standard InChI is InChI=1S/C20H25N3O4/c1-25-16-4-5-18(19(13-16)26-12-8-21)20(24)23-10-6-15(7-11-23)27-17-3-2-9-22-14-17/h2-5,9,13-15H,6-8,10-12,21H2,1H3. The summed E-state index contributed by atoms with van der Waals surface area (Å²) in [6.07, 6.45) is 5.05. The summed E-state index contributed by atoms with van der Waals surface area (Å²) < 4.78 is 16.8. The maximum Gasteiger partial charge on any atom is 0.257 e. The highest BCUT2D eigenvalue weighted by Gasteiger charge is 2.26. The van der Waals surface area contributed by atoms with Gasteiger partial charge in [-0.15, -0.1) is 0 Å². The molecule has 1 aromatic carbocycles. The number of piperidine rings is 1. The van der Waals surface area contributed by atoms with Crippen LogP contribution in [0.4, 0.5) is 0 Å². The summed E-state index contributed by atoms with van der Waals surface area (Å²) >= 11 is 0. The van der Waals surface area contributed by atoms with E-state index in [9.17, 15) is 4.79 Å². The summed E-state index contributed by atoms with van der Waals surface area (Å²) in [5.74, 6) is 1.85. The Kier molecular flexibility index (Phi) is 6.49. The van der Waals surface area contributed by atoms with E-state index in [4.69, 9.17) is 19.9 Å². The van der Waals surface area contributed by atoms with Crippen molar-refractivity contribution in [2.75, 3.05) is 33.4 Å². The van der Waals surface area contributed by atoms with Crippen LogP contribution >= 0.6 is 0 Å². The van der Waals surface area contributed by atoms with Gasteiger partial charge in [0.2, 0.25) is 0 Å². The Morgan fingerprint density at radius 1 is 1.26 bits per heavy atom. The topological polar surface area (TPSA) is 86.9 Å². The van der Waals surface area contributed by atoms with Crippen molar-refractivity contribution < 1.29 is 19.0 Å². The molecule has 2 heterocycles. The first-order valence-electron chi connectivity index (χ1n) is 9.08. The molecule has 0 spiro atoms. The molecular formula is C20H25N3O4. The molecule has 3 rings (SSSR count). The SMILES string of the molecule is COc1ccc(C(=O)N2CCC(Oc3cccnc3)CC2)c(OCCN)c1. The molecule has 0 radical (unpaired) electrons. The summed E-state index contributed by atoms with van der Waals surface area (Å²) in [5.41, 5.74) is 6.05. The van der Waals surface area contributed by atoms with E-state index < -0.39 is 0 Å². The summed E-state index contributed by atoms with van der Waals surface area (Å²) in [7, 11) is 1.58. The Balaban J connectivity index is 1.63. The fourth-order valence-electron chi connectivity index (χ4n) is 3.05. The van der Waals surface area contributed by atoms with Gasteiger partial charge in [-0.2, -0.15) is 0 Å². The lowest BCUT2D eigenvalue weighted by Crippen LogP contribution is -2.42. The smallest absolute Gasteiger partial charge is 0.257 e. The molecule has 0 saturated carbocycles. The van der Waals surface area contributed by atoms with Gasteiger partial charge in [-0.1, -0.05) is 0 Å². The second kappa shape index (κ2) is 9.23. The number of carbonyl (C=O) groups is 1. The van der Waals surface area contributed by atoms with E-state index in [0.29, 0.717) is 43.3 Å². The van der Waals surface area contributed by atoms with Crippen molar-refractivity contribution in [1.82, 2.24) is 9.88 Å². The number of hydrogen-bond acceptors (Lipinski definition) is 6. The molecule has 0 atom stereocenters. The lowest BCUT2D eigenvalue weighted by atomic mass is 10.1. The van der Waals surface area contributed by atoms with Gasteiger partial charge in [-0.05, 0) is 24.3 Å². The normalized spacial score (nSPS) is 14.7. The van der Waals surface area contributed by atoms with Crippen LogP contribution in [-0.4, -0.2) is 55.2 Å². The fraction of sp³-hybridized carbons (Fsp3) is 0.400. The van der Waals surface area contributed by atoms with Crippen molar-refractivity contribution in [1.29, 1.82) is 0 Å². The second-order valence-electron chi connectivity index (χ2n) is 6.30. The number of nitrogens with zero attached hydrogens (tertiary/aromatic N) is 2. The molecule has 0 aliphatic carbocycles. The molecule has 144 valence electrons. The van der Waals surface area contributed by atoms with Gasteiger partial charge in [0.05, 0.1) is 18.9 Å². The minimum Gasteiger partial charge on any atom is -0.497 e. The van der Waals surface area contributed by atoms with E-state index in [-0.39, 0.29) is 12.0 Å². The molecule has 7 heteroatoms. The van der Waals surface area contributed by atoms with Gasteiger partial charge in [0.1, 0.15) is 30.0 Å². The predicted octanol–water partition coefficient (Wildman–Crippen LogP) is 2.11. The van der Waals surface area contributed by atoms with Gasteiger partial charge >= 0.3 is 0 Å². The zero-order valence-electron chi connectivity index (χ0n) is 15.5. The van der Waals surface area contributed by atoms with Crippen LogP contribution < -0.4 is 19.9 Å². The summed E-state index contributed by atoms with van der Waals surface area (Å²) in [4.78, 5) is 18.9. The quantitative estimate of drug-likeness (QED) is 0.802. The van der Waals surface area contributed by atoms with Crippen LogP contribution in [-0.2, 0) is 0 Å². The fourth-order valence-corrected chi connectivity index (χ4v) is 3.05. The second-order valence-corrected chi connectivity index (χ2v) is 6.30. The highest BCUT2D eigenvalue weighted by molar-refractivity contribution is 5.97. The van der Waals surface area contributed by atoms with E-state index in [1.807, 2.05) is 17.0 Å². The third kappa shape index (κ3) is 4.89. The monoisotopic (exact) mass is 371 g/mol. The van der Waals surface area contributed by atoms with Crippen molar-refractivity contribution in [3.8, 4) is 17.2 Å². The van der Waals surface area contributed by atoms with Gasteiger partial charge in [-0.3, -0.25) is 9.78 Å². The van der Waals surface area contributed by atoms with E-state index in [2.05, 4.69) is 4.98 Å². The van der Waals surface area contributed by atoms with Crippen LogP contribution in [0.5, 0.6) is 17.2 Å². The lowest BCUT2D eigenvalue weighted by molar-refractivity contribution is 0.0591. The first-order chi connectivity index (χ1) is 13.2. The van der Waals surface area contributed by atoms with Gasteiger partial charge in [0.25, 0.3) is 5.91 Å². The van der Waals surface area contributed by atoms with E-state index in [0.717, 1.165) is 18.6 Å². The number of methoxy groups -OCH3 is 1. The molecule has 1 aromatic heterocycles. The molecule has 1 aliphatic heterocycles. The number of ether oxygens (including phenoxy) is 3. The van der Waals surface area contributed by atoms with Gasteiger partial charge < -0.3 is 24.8 Å². The van der Waals surface area contributed by atoms with Crippen LogP contribution in [0.3, 0.4) is 0 Å². The Hall–Kier alpha value is -2.80. The Morgan fingerprint density at radius 3 is 2.74 bits per heavy atom. The molecule has 2 aromatic rings. The largest absolute Gasteiger partial charge is 0.497 e. The highest BCUT2D eigenvalue weighted by atomic mass is 16.5. The molecule has 0 bridgehead atoms. The number of carbonyl (C=O) groups excluding carboxylic acids is 1. The van der Waals surface area contributed by atoms with Gasteiger partial charge in [-0.25, -0.2) is 0 Å². The molecular weight excluding hydrogens is 346 g/mol. The minimum absolute atomic E-state index is 0.0514. The molecule has 2 N–H and O–H groups in total. The number of rotatable bonds is 7. The number of amides is 1. The number of likely N-dealkylation sites (tertiary alicyclic amines) is 1. The molecule has 27 heavy (non-hydrogen) atoms. The van der Waals surface area contributed by atoms with Crippen molar-refractivity contribution in [3.63, 3.8) is 0 Å². The number of benzene rings is 1. The molecule has 0 unspecified atom stereocenters. The lowest BCUT2D eigenvalue weighted by Gasteiger charge is -2.32. The zero-order valence-corrected chi connectivity index (χ0v) is 15.5. The Bertz CT molecular complexity index is 746. The Labute approximate surface area is 159 Å². The van der Waals surface area contributed by atoms with Gasteiger partial charge in [0.15, 0.2) is 0 Å². The molecule has 1 saturated heterocycles. The zero-order chi connectivity index (χ0) is 19.1. The summed E-state index contributed by atoms with van der Waals surface area (Å²) in [6, 6.07) is 8.97. The molecule has 7 nitrogen and oxygen atoms in total. The first-order valence-corrected chi connectivity index (χ1v) is 9.08. The summed E-state index contributed by atoms with van der Waals surface area (Å²) in [6.45, 7) is 1.98. The van der Waals surface area contributed by atoms with Crippen LogP contribution in [0.2, 0.25) is 0 Å².